The Hall–Kier alpha value is -1.14. The molecule has 1 aromatic carbocycles. The van der Waals surface area contributed by atoms with Crippen LogP contribution in [0.5, 0.6) is 0 Å². The first kappa shape index (κ1) is 13.3. The number of benzene rings is 1. The van der Waals surface area contributed by atoms with E-state index in [1.807, 2.05) is 0 Å². The molecule has 18 heavy (non-hydrogen) atoms. The number of amides is 1. The molecule has 1 aliphatic carbocycles. The summed E-state index contributed by atoms with van der Waals surface area (Å²) in [7, 11) is 0. The van der Waals surface area contributed by atoms with Gasteiger partial charge in [0, 0.05) is 4.47 Å². The zero-order valence-electron chi connectivity index (χ0n) is 8.97. The van der Waals surface area contributed by atoms with Crippen LogP contribution in [0, 0.1) is 11.2 Å². The summed E-state index contributed by atoms with van der Waals surface area (Å²) in [6.45, 7) is 0. The maximum atomic E-state index is 13.0. The lowest BCUT2D eigenvalue weighted by Gasteiger charge is -2.13. The molecule has 0 spiro atoms. The Balaban J connectivity index is 2.26. The maximum absolute atomic E-state index is 13.0. The smallest absolute Gasteiger partial charge is 0.319 e. The van der Waals surface area contributed by atoms with E-state index in [4.69, 9.17) is 16.7 Å². The third-order valence-electron chi connectivity index (χ3n) is 2.84. The molecule has 0 aromatic heterocycles. The van der Waals surface area contributed by atoms with Crippen molar-refractivity contribution < 1.29 is 19.1 Å². The molecule has 1 aromatic rings. The van der Waals surface area contributed by atoms with Crippen molar-refractivity contribution in [1.29, 1.82) is 0 Å². The van der Waals surface area contributed by atoms with Crippen molar-refractivity contribution in [2.75, 3.05) is 5.32 Å². The molecule has 1 saturated carbocycles. The van der Waals surface area contributed by atoms with E-state index in [0.717, 1.165) is 12.1 Å². The number of halogens is 3. The highest BCUT2D eigenvalue weighted by Crippen LogP contribution is 2.47. The maximum Gasteiger partial charge on any atom is 0.319 e. The predicted octanol–water partition coefficient (Wildman–Crippen LogP) is 3.04. The second kappa shape index (κ2) is 4.51. The van der Waals surface area contributed by atoms with E-state index in [0.29, 0.717) is 12.8 Å². The molecule has 0 bridgehead atoms. The van der Waals surface area contributed by atoms with Gasteiger partial charge in [0.2, 0.25) is 5.91 Å². The van der Waals surface area contributed by atoms with Crippen molar-refractivity contribution >= 4 is 45.1 Å². The van der Waals surface area contributed by atoms with Gasteiger partial charge in [-0.25, -0.2) is 4.39 Å². The zero-order chi connectivity index (χ0) is 13.5. The monoisotopic (exact) mass is 335 g/mol. The van der Waals surface area contributed by atoms with Crippen LogP contribution in [0.3, 0.4) is 0 Å². The summed E-state index contributed by atoms with van der Waals surface area (Å²) >= 11 is 8.86. The lowest BCUT2D eigenvalue weighted by Crippen LogP contribution is -2.31. The molecule has 0 saturated heterocycles. The summed E-state index contributed by atoms with van der Waals surface area (Å²) in [5, 5.41) is 11.4. The minimum atomic E-state index is -1.36. The molecule has 1 amide bonds. The number of carboxylic acid groups (broad SMARTS) is 1. The van der Waals surface area contributed by atoms with Crippen LogP contribution >= 0.6 is 27.5 Å². The number of anilines is 1. The van der Waals surface area contributed by atoms with Gasteiger partial charge in [-0.05, 0) is 40.9 Å². The number of hydrogen-bond acceptors (Lipinski definition) is 2. The summed E-state index contributed by atoms with van der Waals surface area (Å²) in [5.74, 6) is -2.34. The van der Waals surface area contributed by atoms with Gasteiger partial charge in [-0.3, -0.25) is 9.59 Å². The Kier molecular flexibility index (Phi) is 3.33. The van der Waals surface area contributed by atoms with Gasteiger partial charge in [-0.15, -0.1) is 0 Å². The molecule has 0 heterocycles. The van der Waals surface area contributed by atoms with Crippen LogP contribution in [0.25, 0.3) is 0 Å². The van der Waals surface area contributed by atoms with Crippen molar-refractivity contribution in [2.24, 2.45) is 5.41 Å². The van der Waals surface area contributed by atoms with Gasteiger partial charge in [-0.2, -0.15) is 0 Å². The molecular formula is C11H8BrClFNO3. The third kappa shape index (κ3) is 2.22. The van der Waals surface area contributed by atoms with Crippen molar-refractivity contribution in [2.45, 2.75) is 12.8 Å². The van der Waals surface area contributed by atoms with Crippen molar-refractivity contribution in [3.63, 3.8) is 0 Å². The Morgan fingerprint density at radius 3 is 2.50 bits per heavy atom. The Labute approximate surface area is 115 Å². The molecule has 0 radical (unpaired) electrons. The molecule has 0 atom stereocenters. The molecule has 2 rings (SSSR count). The fourth-order valence-electron chi connectivity index (χ4n) is 1.56. The minimum Gasteiger partial charge on any atom is -0.480 e. The van der Waals surface area contributed by atoms with E-state index in [1.54, 1.807) is 0 Å². The van der Waals surface area contributed by atoms with Crippen molar-refractivity contribution in [1.82, 2.24) is 0 Å². The number of carbonyl (C=O) groups is 2. The van der Waals surface area contributed by atoms with E-state index in [2.05, 4.69) is 21.2 Å². The van der Waals surface area contributed by atoms with E-state index in [-0.39, 0.29) is 15.2 Å². The van der Waals surface area contributed by atoms with E-state index >= 15 is 0 Å². The van der Waals surface area contributed by atoms with Crippen molar-refractivity contribution in [3.05, 3.63) is 27.4 Å². The first-order chi connectivity index (χ1) is 8.36. The number of aliphatic carboxylic acids is 1. The summed E-state index contributed by atoms with van der Waals surface area (Å²) in [4.78, 5) is 22.8. The van der Waals surface area contributed by atoms with Gasteiger partial charge < -0.3 is 10.4 Å². The highest BCUT2D eigenvalue weighted by molar-refractivity contribution is 9.10. The van der Waals surface area contributed by atoms with Gasteiger partial charge in [0.1, 0.15) is 11.2 Å². The number of rotatable bonds is 3. The molecule has 2 N–H and O–H groups in total. The second-order valence-corrected chi connectivity index (χ2v) is 5.35. The van der Waals surface area contributed by atoms with Crippen LogP contribution in [0.1, 0.15) is 12.8 Å². The lowest BCUT2D eigenvalue weighted by molar-refractivity contribution is -0.147. The number of carbonyl (C=O) groups excluding carboxylic acids is 1. The van der Waals surface area contributed by atoms with E-state index < -0.39 is 23.1 Å². The second-order valence-electron chi connectivity index (χ2n) is 4.09. The van der Waals surface area contributed by atoms with Crippen molar-refractivity contribution in [3.8, 4) is 0 Å². The Bertz CT molecular complexity index is 522. The number of nitrogens with one attached hydrogen (secondary N) is 1. The van der Waals surface area contributed by atoms with Crippen LogP contribution in [-0.4, -0.2) is 17.0 Å². The average molecular weight is 337 g/mol. The zero-order valence-corrected chi connectivity index (χ0v) is 11.3. The van der Waals surface area contributed by atoms with Gasteiger partial charge in [0.25, 0.3) is 0 Å². The predicted molar refractivity (Wildman–Crippen MR) is 67.0 cm³/mol. The number of carboxylic acids is 1. The summed E-state index contributed by atoms with van der Waals surface area (Å²) in [6.07, 6.45) is 0.592. The molecule has 4 nitrogen and oxygen atoms in total. The molecule has 0 aliphatic heterocycles. The van der Waals surface area contributed by atoms with Crippen LogP contribution in [-0.2, 0) is 9.59 Å². The first-order valence-electron chi connectivity index (χ1n) is 5.06. The standard InChI is InChI=1S/C11H8BrClFNO3/c12-6-3-5(14)4-7(13)8(6)15-9(16)11(1-2-11)10(17)18/h3-4H,1-2H2,(H,15,16)(H,17,18). The average Bonchev–Trinajstić information content (AvgIpc) is 3.03. The number of hydrogen-bond donors (Lipinski definition) is 2. The fraction of sp³-hybridized carbons (Fsp3) is 0.273. The first-order valence-corrected chi connectivity index (χ1v) is 6.23. The molecular weight excluding hydrogens is 328 g/mol. The highest BCUT2D eigenvalue weighted by atomic mass is 79.9. The lowest BCUT2D eigenvalue weighted by atomic mass is 10.1. The highest BCUT2D eigenvalue weighted by Gasteiger charge is 2.57. The molecule has 0 unspecified atom stereocenters. The summed E-state index contributed by atoms with van der Waals surface area (Å²) in [6, 6.07) is 2.18. The van der Waals surface area contributed by atoms with E-state index in [9.17, 15) is 14.0 Å². The molecule has 1 aliphatic rings. The van der Waals surface area contributed by atoms with Crippen LogP contribution < -0.4 is 5.32 Å². The quantitative estimate of drug-likeness (QED) is 0.834. The molecule has 7 heteroatoms. The molecule has 1 fully saturated rings. The third-order valence-corrected chi connectivity index (χ3v) is 3.76. The SMILES string of the molecule is O=C(O)C1(C(=O)Nc2c(Cl)cc(F)cc2Br)CC1. The fourth-order valence-corrected chi connectivity index (χ4v) is 2.46. The largest absolute Gasteiger partial charge is 0.480 e. The van der Waals surface area contributed by atoms with Crippen LogP contribution in [0.15, 0.2) is 16.6 Å². The summed E-state index contributed by atoms with van der Waals surface area (Å²) in [5.41, 5.74) is -1.19. The Morgan fingerprint density at radius 1 is 1.44 bits per heavy atom. The minimum absolute atomic E-state index is 0.0106. The van der Waals surface area contributed by atoms with Gasteiger partial charge >= 0.3 is 5.97 Å². The normalized spacial score (nSPS) is 16.2. The van der Waals surface area contributed by atoms with Crippen LogP contribution in [0.4, 0.5) is 10.1 Å². The van der Waals surface area contributed by atoms with E-state index in [1.165, 1.54) is 0 Å². The topological polar surface area (TPSA) is 66.4 Å². The molecule has 96 valence electrons. The summed E-state index contributed by atoms with van der Waals surface area (Å²) < 4.78 is 13.3. The van der Waals surface area contributed by atoms with Gasteiger partial charge in [0.15, 0.2) is 0 Å². The van der Waals surface area contributed by atoms with Gasteiger partial charge in [-0.1, -0.05) is 11.6 Å². The van der Waals surface area contributed by atoms with Crippen LogP contribution in [0.2, 0.25) is 5.02 Å². The van der Waals surface area contributed by atoms with Gasteiger partial charge in [0.05, 0.1) is 10.7 Å². The Morgan fingerprint density at radius 2 is 2.06 bits per heavy atom.